The first kappa shape index (κ1) is 12.4. The van der Waals surface area contributed by atoms with Crippen molar-refractivity contribution in [3.8, 4) is 0 Å². The Morgan fingerprint density at radius 3 is 2.50 bits per heavy atom. The van der Waals surface area contributed by atoms with Gasteiger partial charge in [-0.3, -0.25) is 4.79 Å². The van der Waals surface area contributed by atoms with Crippen LogP contribution in [0.1, 0.15) is 21.5 Å². The number of aldehydes is 1. The molecule has 1 rings (SSSR count). The van der Waals surface area contributed by atoms with Crippen LogP contribution in [0.15, 0.2) is 24.3 Å². The van der Waals surface area contributed by atoms with E-state index in [1.54, 1.807) is 0 Å². The Hall–Kier alpha value is -1.62. The minimum atomic E-state index is -4.52. The molecular formula is C11H9F3O2. The Morgan fingerprint density at radius 2 is 2.00 bits per heavy atom. The first-order valence-electron chi connectivity index (χ1n) is 4.43. The second kappa shape index (κ2) is 4.94. The van der Waals surface area contributed by atoms with E-state index in [-0.39, 0.29) is 17.7 Å². The molecule has 86 valence electrons. The van der Waals surface area contributed by atoms with E-state index in [0.717, 1.165) is 12.1 Å². The molecule has 1 N–H and O–H groups in total. The first-order valence-corrected chi connectivity index (χ1v) is 4.43. The fraction of sp³-hybridized carbons (Fsp3) is 0.182. The lowest BCUT2D eigenvalue weighted by molar-refractivity contribution is -0.137. The molecule has 0 aromatic heterocycles. The summed E-state index contributed by atoms with van der Waals surface area (Å²) in [5.41, 5.74) is -0.998. The molecule has 0 spiro atoms. The van der Waals surface area contributed by atoms with E-state index in [1.165, 1.54) is 18.2 Å². The van der Waals surface area contributed by atoms with Crippen molar-refractivity contribution >= 4 is 12.4 Å². The van der Waals surface area contributed by atoms with E-state index in [0.29, 0.717) is 6.29 Å². The van der Waals surface area contributed by atoms with Crippen molar-refractivity contribution in [3.63, 3.8) is 0 Å². The molecule has 0 bridgehead atoms. The zero-order valence-corrected chi connectivity index (χ0v) is 8.16. The highest BCUT2D eigenvalue weighted by Crippen LogP contribution is 2.33. The van der Waals surface area contributed by atoms with Gasteiger partial charge >= 0.3 is 6.18 Å². The third-order valence-corrected chi connectivity index (χ3v) is 1.92. The number of alkyl halides is 3. The van der Waals surface area contributed by atoms with E-state index in [9.17, 15) is 18.0 Å². The molecule has 5 heteroatoms. The van der Waals surface area contributed by atoms with Crippen molar-refractivity contribution in [1.29, 1.82) is 0 Å². The lowest BCUT2D eigenvalue weighted by atomic mass is 10.0. The van der Waals surface area contributed by atoms with Gasteiger partial charge in [0.15, 0.2) is 0 Å². The van der Waals surface area contributed by atoms with E-state index in [1.807, 2.05) is 0 Å². The van der Waals surface area contributed by atoms with Gasteiger partial charge in [0.2, 0.25) is 0 Å². The summed E-state index contributed by atoms with van der Waals surface area (Å²) in [6.45, 7) is -0.341. The molecule has 0 heterocycles. The average Bonchev–Trinajstić information content (AvgIpc) is 2.25. The monoisotopic (exact) mass is 230 g/mol. The van der Waals surface area contributed by atoms with Crippen LogP contribution < -0.4 is 0 Å². The fourth-order valence-corrected chi connectivity index (χ4v) is 1.22. The summed E-state index contributed by atoms with van der Waals surface area (Å²) in [5.74, 6) is 0. The standard InChI is InChI=1S/C11H9F3O2/c12-11(13,14)10-6-8(7-16)3-4-9(10)2-1-5-15/h1-4,6-7,15H,5H2. The molecule has 0 aliphatic rings. The van der Waals surface area contributed by atoms with Crippen LogP contribution in [-0.2, 0) is 6.18 Å². The number of aliphatic hydroxyl groups is 1. The van der Waals surface area contributed by atoms with Gasteiger partial charge in [0.25, 0.3) is 0 Å². The molecule has 0 radical (unpaired) electrons. The highest BCUT2D eigenvalue weighted by Gasteiger charge is 2.32. The van der Waals surface area contributed by atoms with E-state index in [2.05, 4.69) is 0 Å². The molecule has 0 saturated heterocycles. The minimum Gasteiger partial charge on any atom is -0.392 e. The summed E-state index contributed by atoms with van der Waals surface area (Å²) in [4.78, 5) is 10.4. The van der Waals surface area contributed by atoms with Crippen LogP contribution in [0.5, 0.6) is 0 Å². The molecule has 1 aromatic carbocycles. The number of hydrogen-bond donors (Lipinski definition) is 1. The number of aliphatic hydroxyl groups excluding tert-OH is 1. The number of hydrogen-bond acceptors (Lipinski definition) is 2. The number of benzene rings is 1. The second-order valence-corrected chi connectivity index (χ2v) is 3.05. The van der Waals surface area contributed by atoms with Crippen LogP contribution in [0.25, 0.3) is 6.08 Å². The lowest BCUT2D eigenvalue weighted by Crippen LogP contribution is -2.08. The van der Waals surface area contributed by atoms with Crippen LogP contribution in [0.4, 0.5) is 13.2 Å². The molecule has 0 fully saturated rings. The van der Waals surface area contributed by atoms with Crippen LogP contribution >= 0.6 is 0 Å². The number of halogens is 3. The maximum Gasteiger partial charge on any atom is 0.417 e. The number of carbonyl (C=O) groups is 1. The molecule has 0 amide bonds. The van der Waals surface area contributed by atoms with Crippen LogP contribution in [0, 0.1) is 0 Å². The molecule has 0 aliphatic heterocycles. The minimum absolute atomic E-state index is 0.0338. The van der Waals surface area contributed by atoms with E-state index in [4.69, 9.17) is 5.11 Å². The summed E-state index contributed by atoms with van der Waals surface area (Å²) in [5, 5.41) is 8.50. The summed E-state index contributed by atoms with van der Waals surface area (Å²) >= 11 is 0. The van der Waals surface area contributed by atoms with Gasteiger partial charge in [0.1, 0.15) is 6.29 Å². The highest BCUT2D eigenvalue weighted by atomic mass is 19.4. The van der Waals surface area contributed by atoms with Gasteiger partial charge in [-0.05, 0) is 11.6 Å². The summed E-state index contributed by atoms with van der Waals surface area (Å²) in [6.07, 6.45) is -1.80. The Balaban J connectivity index is 3.27. The van der Waals surface area contributed by atoms with Gasteiger partial charge in [-0.25, -0.2) is 0 Å². The topological polar surface area (TPSA) is 37.3 Å². The Labute approximate surface area is 90.0 Å². The molecule has 2 nitrogen and oxygen atoms in total. The van der Waals surface area contributed by atoms with E-state index >= 15 is 0 Å². The Bertz CT molecular complexity index is 408. The molecule has 1 aromatic rings. The second-order valence-electron chi connectivity index (χ2n) is 3.05. The largest absolute Gasteiger partial charge is 0.417 e. The predicted molar refractivity (Wildman–Crippen MR) is 53.0 cm³/mol. The molecule has 0 unspecified atom stereocenters. The van der Waals surface area contributed by atoms with Crippen LogP contribution in [0.3, 0.4) is 0 Å². The quantitative estimate of drug-likeness (QED) is 0.810. The van der Waals surface area contributed by atoms with Gasteiger partial charge in [-0.2, -0.15) is 13.2 Å². The van der Waals surface area contributed by atoms with Crippen molar-refractivity contribution in [2.75, 3.05) is 6.61 Å². The predicted octanol–water partition coefficient (Wildman–Crippen LogP) is 2.52. The fourth-order valence-electron chi connectivity index (χ4n) is 1.22. The molecular weight excluding hydrogens is 221 g/mol. The molecule has 0 saturated carbocycles. The van der Waals surface area contributed by atoms with E-state index < -0.39 is 11.7 Å². The van der Waals surface area contributed by atoms with Crippen molar-refractivity contribution in [2.45, 2.75) is 6.18 Å². The maximum absolute atomic E-state index is 12.6. The lowest BCUT2D eigenvalue weighted by Gasteiger charge is -2.10. The Morgan fingerprint density at radius 1 is 1.31 bits per heavy atom. The van der Waals surface area contributed by atoms with Crippen molar-refractivity contribution in [1.82, 2.24) is 0 Å². The highest BCUT2D eigenvalue weighted by molar-refractivity contribution is 5.76. The van der Waals surface area contributed by atoms with Gasteiger partial charge in [0.05, 0.1) is 12.2 Å². The number of carbonyl (C=O) groups excluding carboxylic acids is 1. The van der Waals surface area contributed by atoms with Gasteiger partial charge in [-0.1, -0.05) is 24.3 Å². The molecule has 0 aliphatic carbocycles. The third-order valence-electron chi connectivity index (χ3n) is 1.92. The zero-order chi connectivity index (χ0) is 12.2. The zero-order valence-electron chi connectivity index (χ0n) is 8.16. The average molecular weight is 230 g/mol. The Kier molecular flexibility index (Phi) is 3.84. The molecule has 16 heavy (non-hydrogen) atoms. The maximum atomic E-state index is 12.6. The van der Waals surface area contributed by atoms with Crippen molar-refractivity contribution in [3.05, 3.63) is 41.0 Å². The SMILES string of the molecule is O=Cc1ccc(C=CCO)c(C(F)(F)F)c1. The van der Waals surface area contributed by atoms with Crippen molar-refractivity contribution in [2.24, 2.45) is 0 Å². The first-order chi connectivity index (χ1) is 7.49. The summed E-state index contributed by atoms with van der Waals surface area (Å²) in [6, 6.07) is 3.27. The smallest absolute Gasteiger partial charge is 0.392 e. The molecule has 0 atom stereocenters. The van der Waals surface area contributed by atoms with Crippen LogP contribution in [0.2, 0.25) is 0 Å². The number of rotatable bonds is 3. The third kappa shape index (κ3) is 2.93. The normalized spacial score (nSPS) is 12.0. The van der Waals surface area contributed by atoms with Crippen LogP contribution in [-0.4, -0.2) is 18.0 Å². The van der Waals surface area contributed by atoms with Gasteiger partial charge < -0.3 is 5.11 Å². The van der Waals surface area contributed by atoms with Crippen molar-refractivity contribution < 1.29 is 23.1 Å². The summed E-state index contributed by atoms with van der Waals surface area (Å²) < 4.78 is 37.7. The van der Waals surface area contributed by atoms with Gasteiger partial charge in [0, 0.05) is 5.56 Å². The summed E-state index contributed by atoms with van der Waals surface area (Å²) in [7, 11) is 0. The van der Waals surface area contributed by atoms with Gasteiger partial charge in [-0.15, -0.1) is 0 Å².